The third kappa shape index (κ3) is 11.6. The topological polar surface area (TPSA) is 66.4 Å². The van der Waals surface area contributed by atoms with Crippen molar-refractivity contribution in [2.75, 3.05) is 12.3 Å². The fourth-order valence-electron chi connectivity index (χ4n) is 1.09. The number of rotatable bonds is 7. The van der Waals surface area contributed by atoms with E-state index in [1.54, 1.807) is 11.8 Å². The number of amides is 1. The number of nitrogens with one attached hydrogen (secondary N) is 1. The zero-order chi connectivity index (χ0) is 13.5. The van der Waals surface area contributed by atoms with Gasteiger partial charge in [0, 0.05) is 17.7 Å². The third-order valence-corrected chi connectivity index (χ3v) is 3.41. The molecule has 0 spiro atoms. The molecule has 0 aliphatic heterocycles. The molecule has 1 atom stereocenters. The summed E-state index contributed by atoms with van der Waals surface area (Å²) in [5.41, 5.74) is 0. The average molecular weight is 261 g/mol. The van der Waals surface area contributed by atoms with E-state index in [4.69, 9.17) is 5.11 Å². The largest absolute Gasteiger partial charge is 0.481 e. The van der Waals surface area contributed by atoms with Crippen LogP contribution in [-0.2, 0) is 9.59 Å². The number of carboxylic acids is 1. The van der Waals surface area contributed by atoms with Crippen LogP contribution >= 0.6 is 11.8 Å². The van der Waals surface area contributed by atoms with E-state index in [2.05, 4.69) is 26.1 Å². The second kappa shape index (κ2) is 7.58. The lowest BCUT2D eigenvalue weighted by molar-refractivity contribution is -0.137. The fourth-order valence-corrected chi connectivity index (χ4v) is 1.76. The highest BCUT2D eigenvalue weighted by Crippen LogP contribution is 2.22. The van der Waals surface area contributed by atoms with Crippen LogP contribution < -0.4 is 5.32 Å². The fraction of sp³-hybridized carbons (Fsp3) is 0.833. The lowest BCUT2D eigenvalue weighted by atomic mass is 10.1. The summed E-state index contributed by atoms with van der Waals surface area (Å²) in [4.78, 5) is 21.8. The lowest BCUT2D eigenvalue weighted by Crippen LogP contribution is -2.31. The Hall–Kier alpha value is -0.710. The van der Waals surface area contributed by atoms with Gasteiger partial charge in [0.25, 0.3) is 0 Å². The maximum absolute atomic E-state index is 11.5. The zero-order valence-corrected chi connectivity index (χ0v) is 11.9. The minimum Gasteiger partial charge on any atom is -0.481 e. The molecule has 5 heteroatoms. The summed E-state index contributed by atoms with van der Waals surface area (Å²) in [6.07, 6.45) is 0.760. The first-order chi connectivity index (χ1) is 7.70. The number of carbonyl (C=O) groups is 2. The van der Waals surface area contributed by atoms with Crippen LogP contribution in [0.2, 0.25) is 0 Å². The van der Waals surface area contributed by atoms with Crippen molar-refractivity contribution in [2.24, 2.45) is 5.92 Å². The Balaban J connectivity index is 3.66. The Morgan fingerprint density at radius 1 is 1.35 bits per heavy atom. The van der Waals surface area contributed by atoms with E-state index in [-0.39, 0.29) is 23.0 Å². The van der Waals surface area contributed by atoms with Crippen molar-refractivity contribution in [1.29, 1.82) is 0 Å². The van der Waals surface area contributed by atoms with Gasteiger partial charge in [-0.1, -0.05) is 27.7 Å². The van der Waals surface area contributed by atoms with Crippen LogP contribution in [0.5, 0.6) is 0 Å². The Morgan fingerprint density at radius 2 is 1.94 bits per heavy atom. The van der Waals surface area contributed by atoms with Crippen LogP contribution in [0.15, 0.2) is 0 Å². The first-order valence-corrected chi connectivity index (χ1v) is 6.81. The minimum absolute atomic E-state index is 0.0205. The second-order valence-corrected chi connectivity index (χ2v) is 7.04. The van der Waals surface area contributed by atoms with Crippen LogP contribution in [-0.4, -0.2) is 34.0 Å². The molecule has 0 aromatic heterocycles. The van der Waals surface area contributed by atoms with Gasteiger partial charge in [-0.15, -0.1) is 11.8 Å². The SMILES string of the molecule is CC(CCC(=O)O)CNC(=O)CSC(C)(C)C. The molecule has 0 fully saturated rings. The minimum atomic E-state index is -0.786. The van der Waals surface area contributed by atoms with Crippen molar-refractivity contribution in [3.05, 3.63) is 0 Å². The van der Waals surface area contributed by atoms with Gasteiger partial charge in [-0.25, -0.2) is 0 Å². The summed E-state index contributed by atoms with van der Waals surface area (Å²) < 4.78 is 0.0895. The molecular weight excluding hydrogens is 238 g/mol. The number of hydrogen-bond acceptors (Lipinski definition) is 3. The van der Waals surface area contributed by atoms with Gasteiger partial charge in [-0.05, 0) is 12.3 Å². The van der Waals surface area contributed by atoms with E-state index in [1.165, 1.54) is 0 Å². The van der Waals surface area contributed by atoms with Gasteiger partial charge in [0.05, 0.1) is 5.75 Å². The van der Waals surface area contributed by atoms with Crippen molar-refractivity contribution in [1.82, 2.24) is 5.32 Å². The summed E-state index contributed by atoms with van der Waals surface area (Å²) in [7, 11) is 0. The normalized spacial score (nSPS) is 13.2. The van der Waals surface area contributed by atoms with Crippen LogP contribution in [0.1, 0.15) is 40.5 Å². The molecule has 0 radical (unpaired) electrons. The first-order valence-electron chi connectivity index (χ1n) is 5.83. The van der Waals surface area contributed by atoms with Crippen molar-refractivity contribution < 1.29 is 14.7 Å². The molecule has 1 amide bonds. The monoisotopic (exact) mass is 261 g/mol. The van der Waals surface area contributed by atoms with E-state index < -0.39 is 5.97 Å². The van der Waals surface area contributed by atoms with Gasteiger partial charge in [0.1, 0.15) is 0 Å². The first kappa shape index (κ1) is 16.3. The van der Waals surface area contributed by atoms with Gasteiger partial charge in [0.2, 0.25) is 5.91 Å². The highest BCUT2D eigenvalue weighted by atomic mass is 32.2. The van der Waals surface area contributed by atoms with E-state index in [0.29, 0.717) is 18.7 Å². The quantitative estimate of drug-likeness (QED) is 0.737. The number of carbonyl (C=O) groups excluding carboxylic acids is 1. The number of thioether (sulfide) groups is 1. The Morgan fingerprint density at radius 3 is 2.41 bits per heavy atom. The highest BCUT2D eigenvalue weighted by molar-refractivity contribution is 8.01. The van der Waals surface area contributed by atoms with Gasteiger partial charge in [-0.2, -0.15) is 0 Å². The number of hydrogen-bond donors (Lipinski definition) is 2. The molecule has 0 aliphatic carbocycles. The van der Waals surface area contributed by atoms with Crippen LogP contribution in [0, 0.1) is 5.92 Å². The molecular formula is C12H23NO3S. The molecule has 0 heterocycles. The summed E-state index contributed by atoms with van der Waals surface area (Å²) in [6.45, 7) is 8.71. The highest BCUT2D eigenvalue weighted by Gasteiger charge is 2.13. The molecule has 1 unspecified atom stereocenters. The molecule has 0 rings (SSSR count). The van der Waals surface area contributed by atoms with E-state index in [0.717, 1.165) is 0 Å². The maximum Gasteiger partial charge on any atom is 0.303 e. The van der Waals surface area contributed by atoms with Crippen molar-refractivity contribution >= 4 is 23.6 Å². The van der Waals surface area contributed by atoms with E-state index in [1.807, 2.05) is 6.92 Å². The van der Waals surface area contributed by atoms with Crippen molar-refractivity contribution in [3.8, 4) is 0 Å². The van der Waals surface area contributed by atoms with Crippen LogP contribution in [0.3, 0.4) is 0 Å². The molecule has 0 bridgehead atoms. The molecule has 4 nitrogen and oxygen atoms in total. The molecule has 0 aromatic rings. The standard InChI is InChI=1S/C12H23NO3S/c1-9(5-6-11(15)16)7-13-10(14)8-17-12(2,3)4/h9H,5-8H2,1-4H3,(H,13,14)(H,15,16). The van der Waals surface area contributed by atoms with Gasteiger partial charge < -0.3 is 10.4 Å². The van der Waals surface area contributed by atoms with Crippen molar-refractivity contribution in [3.63, 3.8) is 0 Å². The van der Waals surface area contributed by atoms with Crippen molar-refractivity contribution in [2.45, 2.75) is 45.3 Å². The molecule has 100 valence electrons. The Labute approximate surface area is 108 Å². The summed E-state index contributed by atoms with van der Waals surface area (Å²) in [5.74, 6) is -0.108. The molecule has 0 aliphatic rings. The summed E-state index contributed by atoms with van der Waals surface area (Å²) in [6, 6.07) is 0. The summed E-state index contributed by atoms with van der Waals surface area (Å²) in [5, 5.41) is 11.3. The van der Waals surface area contributed by atoms with Crippen LogP contribution in [0.4, 0.5) is 0 Å². The zero-order valence-electron chi connectivity index (χ0n) is 11.1. The maximum atomic E-state index is 11.5. The third-order valence-electron chi connectivity index (χ3n) is 2.13. The molecule has 2 N–H and O–H groups in total. The predicted molar refractivity (Wildman–Crippen MR) is 71.3 cm³/mol. The second-order valence-electron chi connectivity index (χ2n) is 5.24. The number of carboxylic acid groups (broad SMARTS) is 1. The Bertz CT molecular complexity index is 261. The molecule has 17 heavy (non-hydrogen) atoms. The molecule has 0 saturated carbocycles. The van der Waals surface area contributed by atoms with Gasteiger partial charge in [0.15, 0.2) is 0 Å². The average Bonchev–Trinajstić information content (AvgIpc) is 2.19. The van der Waals surface area contributed by atoms with Crippen LogP contribution in [0.25, 0.3) is 0 Å². The van der Waals surface area contributed by atoms with Gasteiger partial charge >= 0.3 is 5.97 Å². The smallest absolute Gasteiger partial charge is 0.303 e. The number of aliphatic carboxylic acids is 1. The van der Waals surface area contributed by atoms with Gasteiger partial charge in [-0.3, -0.25) is 9.59 Å². The molecule has 0 aromatic carbocycles. The summed E-state index contributed by atoms with van der Waals surface area (Å²) >= 11 is 1.61. The Kier molecular flexibility index (Phi) is 7.27. The van der Waals surface area contributed by atoms with E-state index in [9.17, 15) is 9.59 Å². The lowest BCUT2D eigenvalue weighted by Gasteiger charge is -2.17. The van der Waals surface area contributed by atoms with E-state index >= 15 is 0 Å². The predicted octanol–water partition coefficient (Wildman–Crippen LogP) is 2.14. The molecule has 0 saturated heterocycles.